The van der Waals surface area contributed by atoms with E-state index in [9.17, 15) is 5.11 Å². The van der Waals surface area contributed by atoms with Crippen LogP contribution in [0.3, 0.4) is 0 Å². The SMILES string of the molecule is Cc1cc(N)c(Cl)cc1N1CC(C)OC(CO)C1. The van der Waals surface area contributed by atoms with E-state index < -0.39 is 0 Å². The molecule has 1 fully saturated rings. The highest BCUT2D eigenvalue weighted by Crippen LogP contribution is 2.31. The lowest BCUT2D eigenvalue weighted by molar-refractivity contribution is -0.0421. The summed E-state index contributed by atoms with van der Waals surface area (Å²) in [7, 11) is 0. The van der Waals surface area contributed by atoms with Gasteiger partial charge in [0.1, 0.15) is 0 Å². The summed E-state index contributed by atoms with van der Waals surface area (Å²) in [6.45, 7) is 5.50. The van der Waals surface area contributed by atoms with E-state index in [4.69, 9.17) is 22.1 Å². The lowest BCUT2D eigenvalue weighted by atomic mass is 10.1. The number of aliphatic hydroxyl groups is 1. The number of aliphatic hydroxyl groups excluding tert-OH is 1. The van der Waals surface area contributed by atoms with Crippen LogP contribution in [0.2, 0.25) is 5.02 Å². The van der Waals surface area contributed by atoms with E-state index in [1.807, 2.05) is 26.0 Å². The van der Waals surface area contributed by atoms with Gasteiger partial charge in [0, 0.05) is 18.8 Å². The molecule has 5 heteroatoms. The molecule has 3 N–H and O–H groups in total. The molecule has 1 aromatic carbocycles. The first-order valence-electron chi connectivity index (χ1n) is 6.08. The number of benzene rings is 1. The molecule has 0 spiro atoms. The van der Waals surface area contributed by atoms with Crippen LogP contribution >= 0.6 is 11.6 Å². The van der Waals surface area contributed by atoms with Gasteiger partial charge in [0.05, 0.1) is 29.5 Å². The van der Waals surface area contributed by atoms with E-state index in [-0.39, 0.29) is 18.8 Å². The third-order valence-corrected chi connectivity index (χ3v) is 3.51. The fourth-order valence-corrected chi connectivity index (χ4v) is 2.53. The second kappa shape index (κ2) is 5.34. The predicted octanol–water partition coefficient (Wildman–Crippen LogP) is 1.82. The topological polar surface area (TPSA) is 58.7 Å². The Bertz CT molecular complexity index is 439. The molecule has 1 aliphatic rings. The third-order valence-electron chi connectivity index (χ3n) is 3.19. The summed E-state index contributed by atoms with van der Waals surface area (Å²) in [4.78, 5) is 2.19. The van der Waals surface area contributed by atoms with E-state index in [0.717, 1.165) is 17.8 Å². The van der Waals surface area contributed by atoms with Gasteiger partial charge in [0.2, 0.25) is 0 Å². The summed E-state index contributed by atoms with van der Waals surface area (Å²) in [6.07, 6.45) is -0.0592. The van der Waals surface area contributed by atoms with Crippen LogP contribution in [0.5, 0.6) is 0 Å². The molecule has 1 aromatic rings. The van der Waals surface area contributed by atoms with Crippen LogP contribution in [0.25, 0.3) is 0 Å². The maximum atomic E-state index is 9.24. The molecule has 1 saturated heterocycles. The number of anilines is 2. The number of hydrogen-bond acceptors (Lipinski definition) is 4. The molecule has 0 aromatic heterocycles. The van der Waals surface area contributed by atoms with Gasteiger partial charge < -0.3 is 20.5 Å². The summed E-state index contributed by atoms with van der Waals surface area (Å²) < 4.78 is 5.63. The molecule has 2 unspecified atom stereocenters. The van der Waals surface area contributed by atoms with Gasteiger partial charge in [0.15, 0.2) is 0 Å². The number of hydrogen-bond donors (Lipinski definition) is 2. The minimum absolute atomic E-state index is 0.0303. The first-order valence-corrected chi connectivity index (χ1v) is 6.46. The average molecular weight is 271 g/mol. The first kappa shape index (κ1) is 13.5. The van der Waals surface area contributed by atoms with Gasteiger partial charge in [-0.2, -0.15) is 0 Å². The van der Waals surface area contributed by atoms with Crippen molar-refractivity contribution in [2.45, 2.75) is 26.1 Å². The van der Waals surface area contributed by atoms with Gasteiger partial charge in [-0.05, 0) is 31.5 Å². The summed E-state index contributed by atoms with van der Waals surface area (Å²) in [5.74, 6) is 0. The first-order chi connectivity index (χ1) is 8.51. The number of nitrogens with zero attached hydrogens (tertiary/aromatic N) is 1. The lowest BCUT2D eigenvalue weighted by Crippen LogP contribution is -2.48. The molecule has 0 saturated carbocycles. The quantitative estimate of drug-likeness (QED) is 0.805. The van der Waals surface area contributed by atoms with Crippen LogP contribution in [-0.2, 0) is 4.74 Å². The monoisotopic (exact) mass is 270 g/mol. The van der Waals surface area contributed by atoms with Crippen molar-refractivity contribution < 1.29 is 9.84 Å². The molecule has 0 aliphatic carbocycles. The standard InChI is InChI=1S/C13H19ClN2O2/c1-8-3-12(15)11(14)4-13(8)16-5-9(2)18-10(6-16)7-17/h3-4,9-10,17H,5-7,15H2,1-2H3. The molecule has 1 heterocycles. The number of aryl methyl sites for hydroxylation is 1. The van der Waals surface area contributed by atoms with Crippen LogP contribution in [0.1, 0.15) is 12.5 Å². The van der Waals surface area contributed by atoms with E-state index in [1.54, 1.807) is 0 Å². The van der Waals surface area contributed by atoms with Crippen molar-refractivity contribution in [3.8, 4) is 0 Å². The van der Waals surface area contributed by atoms with Crippen LogP contribution in [0, 0.1) is 6.92 Å². The number of rotatable bonds is 2. The summed E-state index contributed by atoms with van der Waals surface area (Å²) in [6, 6.07) is 3.77. The minimum Gasteiger partial charge on any atom is -0.398 e. The Labute approximate surface area is 112 Å². The van der Waals surface area contributed by atoms with Crippen molar-refractivity contribution in [2.75, 3.05) is 30.3 Å². The van der Waals surface area contributed by atoms with Crippen molar-refractivity contribution in [1.82, 2.24) is 0 Å². The van der Waals surface area contributed by atoms with Crippen LogP contribution in [0.15, 0.2) is 12.1 Å². The second-order valence-corrected chi connectivity index (χ2v) is 5.22. The maximum absolute atomic E-state index is 9.24. The molecule has 0 bridgehead atoms. The van der Waals surface area contributed by atoms with E-state index in [0.29, 0.717) is 17.3 Å². The lowest BCUT2D eigenvalue weighted by Gasteiger charge is -2.38. The fourth-order valence-electron chi connectivity index (χ4n) is 2.38. The molecule has 100 valence electrons. The van der Waals surface area contributed by atoms with Crippen molar-refractivity contribution in [1.29, 1.82) is 0 Å². The van der Waals surface area contributed by atoms with Crippen molar-refractivity contribution in [3.63, 3.8) is 0 Å². The Balaban J connectivity index is 2.27. The van der Waals surface area contributed by atoms with Gasteiger partial charge in [-0.3, -0.25) is 0 Å². The van der Waals surface area contributed by atoms with Crippen molar-refractivity contribution in [3.05, 3.63) is 22.7 Å². The number of nitrogen functional groups attached to an aromatic ring is 1. The van der Waals surface area contributed by atoms with E-state index >= 15 is 0 Å². The van der Waals surface area contributed by atoms with Crippen LogP contribution in [0.4, 0.5) is 11.4 Å². The Morgan fingerprint density at radius 2 is 2.22 bits per heavy atom. The summed E-state index contributed by atoms with van der Waals surface area (Å²) in [5, 5.41) is 9.81. The largest absolute Gasteiger partial charge is 0.398 e. The van der Waals surface area contributed by atoms with Gasteiger partial charge >= 0.3 is 0 Å². The van der Waals surface area contributed by atoms with Gasteiger partial charge in [-0.1, -0.05) is 11.6 Å². The fraction of sp³-hybridized carbons (Fsp3) is 0.538. The van der Waals surface area contributed by atoms with Crippen LogP contribution < -0.4 is 10.6 Å². The minimum atomic E-state index is -0.149. The highest BCUT2D eigenvalue weighted by Gasteiger charge is 2.26. The van der Waals surface area contributed by atoms with Gasteiger partial charge in [0.25, 0.3) is 0 Å². The van der Waals surface area contributed by atoms with E-state index in [1.165, 1.54) is 0 Å². The Morgan fingerprint density at radius 3 is 2.89 bits per heavy atom. The molecule has 18 heavy (non-hydrogen) atoms. The highest BCUT2D eigenvalue weighted by molar-refractivity contribution is 6.33. The van der Waals surface area contributed by atoms with Gasteiger partial charge in [-0.15, -0.1) is 0 Å². The molecule has 4 nitrogen and oxygen atoms in total. The summed E-state index contributed by atoms with van der Waals surface area (Å²) >= 11 is 6.08. The maximum Gasteiger partial charge on any atom is 0.0984 e. The second-order valence-electron chi connectivity index (χ2n) is 4.82. The molecule has 2 atom stereocenters. The summed E-state index contributed by atoms with van der Waals surface area (Å²) in [5.41, 5.74) is 8.52. The molecule has 1 aliphatic heterocycles. The number of morpholine rings is 1. The number of halogens is 1. The number of ether oxygens (including phenoxy) is 1. The van der Waals surface area contributed by atoms with E-state index in [2.05, 4.69) is 4.90 Å². The average Bonchev–Trinajstić information content (AvgIpc) is 2.33. The Morgan fingerprint density at radius 1 is 1.50 bits per heavy atom. The third kappa shape index (κ3) is 2.71. The van der Waals surface area contributed by atoms with Crippen molar-refractivity contribution in [2.24, 2.45) is 0 Å². The zero-order valence-electron chi connectivity index (χ0n) is 10.7. The Hall–Kier alpha value is -0.970. The highest BCUT2D eigenvalue weighted by atomic mass is 35.5. The molecule has 0 amide bonds. The zero-order valence-corrected chi connectivity index (χ0v) is 11.4. The zero-order chi connectivity index (χ0) is 13.3. The predicted molar refractivity (Wildman–Crippen MR) is 74.2 cm³/mol. The molecular formula is C13H19ClN2O2. The normalized spacial score (nSPS) is 24.3. The van der Waals surface area contributed by atoms with Crippen molar-refractivity contribution >= 4 is 23.0 Å². The smallest absolute Gasteiger partial charge is 0.0984 e. The molecular weight excluding hydrogens is 252 g/mol. The molecule has 0 radical (unpaired) electrons. The number of nitrogens with two attached hydrogens (primary N) is 1. The Kier molecular flexibility index (Phi) is 4.00. The van der Waals surface area contributed by atoms with Gasteiger partial charge in [-0.25, -0.2) is 0 Å². The van der Waals surface area contributed by atoms with Crippen LogP contribution in [-0.4, -0.2) is 37.0 Å². The molecule has 2 rings (SSSR count).